The van der Waals surface area contributed by atoms with Crippen molar-refractivity contribution in [1.29, 1.82) is 0 Å². The largest absolute Gasteiger partial charge is 0.357 e. The molecule has 25 heavy (non-hydrogen) atoms. The highest BCUT2D eigenvalue weighted by molar-refractivity contribution is 9.10. The molecule has 5 nitrogen and oxygen atoms in total. The summed E-state index contributed by atoms with van der Waals surface area (Å²) in [4.78, 5) is 16.8. The predicted octanol–water partition coefficient (Wildman–Crippen LogP) is 3.54. The van der Waals surface area contributed by atoms with Crippen LogP contribution in [0.15, 0.2) is 27.7 Å². The van der Waals surface area contributed by atoms with Gasteiger partial charge in [0.15, 0.2) is 5.96 Å². The highest BCUT2D eigenvalue weighted by Crippen LogP contribution is 2.26. The zero-order valence-electron chi connectivity index (χ0n) is 14.9. The molecule has 2 rings (SSSR count). The van der Waals surface area contributed by atoms with Crippen molar-refractivity contribution in [2.75, 3.05) is 30.7 Å². The van der Waals surface area contributed by atoms with Crippen LogP contribution in [0.5, 0.6) is 0 Å². The fraction of sp³-hybridized carbons (Fsp3) is 0.556. The Morgan fingerprint density at radius 1 is 1.40 bits per heavy atom. The summed E-state index contributed by atoms with van der Waals surface area (Å²) in [6.45, 7) is 6.24. The molecule has 0 saturated carbocycles. The van der Waals surface area contributed by atoms with Gasteiger partial charge >= 0.3 is 0 Å². The van der Waals surface area contributed by atoms with E-state index in [1.54, 1.807) is 0 Å². The van der Waals surface area contributed by atoms with Crippen molar-refractivity contribution in [3.8, 4) is 0 Å². The summed E-state index contributed by atoms with van der Waals surface area (Å²) in [6, 6.07) is 5.87. The van der Waals surface area contributed by atoms with Gasteiger partial charge < -0.3 is 16.0 Å². The Labute approximate surface area is 163 Å². The van der Waals surface area contributed by atoms with Gasteiger partial charge in [-0.05, 0) is 50.1 Å². The fourth-order valence-corrected chi connectivity index (χ4v) is 4.10. The summed E-state index contributed by atoms with van der Waals surface area (Å²) >= 11 is 5.44. The number of nitrogens with one attached hydrogen (secondary N) is 3. The maximum Gasteiger partial charge on any atom is 0.226 e. The second-order valence-electron chi connectivity index (χ2n) is 6.04. The van der Waals surface area contributed by atoms with Crippen LogP contribution in [0.3, 0.4) is 0 Å². The van der Waals surface area contributed by atoms with Crippen LogP contribution in [0.4, 0.5) is 5.69 Å². The van der Waals surface area contributed by atoms with Gasteiger partial charge in [-0.15, -0.1) is 0 Å². The SMILES string of the molecule is CCNC(=NCC1CCCS1)NCCC(=O)Nc1cc(Br)ccc1C. The highest BCUT2D eigenvalue weighted by Gasteiger charge is 2.15. The molecule has 0 bridgehead atoms. The second-order valence-corrected chi connectivity index (χ2v) is 8.36. The Bertz CT molecular complexity index is 603. The molecular formula is C18H27BrN4OS. The lowest BCUT2D eigenvalue weighted by atomic mass is 10.2. The molecule has 1 aliphatic heterocycles. The minimum absolute atomic E-state index is 0.00380. The number of rotatable bonds is 7. The third-order valence-corrected chi connectivity index (χ3v) is 5.81. The Balaban J connectivity index is 1.77. The van der Waals surface area contributed by atoms with Crippen molar-refractivity contribution >= 4 is 45.2 Å². The summed E-state index contributed by atoms with van der Waals surface area (Å²) in [6.07, 6.45) is 2.94. The minimum Gasteiger partial charge on any atom is -0.357 e. The van der Waals surface area contributed by atoms with Gasteiger partial charge in [0, 0.05) is 34.9 Å². The van der Waals surface area contributed by atoms with Crippen LogP contribution in [-0.2, 0) is 4.79 Å². The number of benzene rings is 1. The van der Waals surface area contributed by atoms with Crippen LogP contribution in [-0.4, -0.2) is 42.5 Å². The number of hydrogen-bond acceptors (Lipinski definition) is 3. The van der Waals surface area contributed by atoms with Gasteiger partial charge in [0.25, 0.3) is 0 Å². The summed E-state index contributed by atoms with van der Waals surface area (Å²) < 4.78 is 0.956. The molecule has 1 amide bonds. The third kappa shape index (κ3) is 7.28. The quantitative estimate of drug-likeness (QED) is 0.460. The molecule has 0 aliphatic carbocycles. The molecule has 1 aromatic carbocycles. The molecule has 7 heteroatoms. The lowest BCUT2D eigenvalue weighted by Gasteiger charge is -2.13. The number of halogens is 1. The number of amides is 1. The maximum absolute atomic E-state index is 12.2. The zero-order valence-corrected chi connectivity index (χ0v) is 17.3. The Morgan fingerprint density at radius 3 is 2.96 bits per heavy atom. The summed E-state index contributed by atoms with van der Waals surface area (Å²) in [7, 11) is 0. The number of hydrogen-bond donors (Lipinski definition) is 3. The smallest absolute Gasteiger partial charge is 0.226 e. The van der Waals surface area contributed by atoms with E-state index in [1.165, 1.54) is 18.6 Å². The van der Waals surface area contributed by atoms with Crippen LogP contribution in [0.1, 0.15) is 31.7 Å². The Morgan fingerprint density at radius 2 is 2.24 bits per heavy atom. The topological polar surface area (TPSA) is 65.5 Å². The zero-order chi connectivity index (χ0) is 18.1. The molecule has 0 aromatic heterocycles. The average Bonchev–Trinajstić information content (AvgIpc) is 3.09. The van der Waals surface area contributed by atoms with E-state index >= 15 is 0 Å². The van der Waals surface area contributed by atoms with Crippen LogP contribution >= 0.6 is 27.7 Å². The van der Waals surface area contributed by atoms with Crippen molar-refractivity contribution in [3.05, 3.63) is 28.2 Å². The monoisotopic (exact) mass is 426 g/mol. The van der Waals surface area contributed by atoms with E-state index in [-0.39, 0.29) is 5.91 Å². The number of aryl methyl sites for hydroxylation is 1. The summed E-state index contributed by atoms with van der Waals surface area (Å²) in [5.74, 6) is 2.04. The van der Waals surface area contributed by atoms with Crippen molar-refractivity contribution < 1.29 is 4.79 Å². The van der Waals surface area contributed by atoms with Crippen molar-refractivity contribution in [2.24, 2.45) is 4.99 Å². The molecule has 0 spiro atoms. The van der Waals surface area contributed by atoms with E-state index in [0.29, 0.717) is 18.2 Å². The summed E-state index contributed by atoms with van der Waals surface area (Å²) in [5.41, 5.74) is 1.90. The van der Waals surface area contributed by atoms with E-state index in [2.05, 4.69) is 36.9 Å². The predicted molar refractivity (Wildman–Crippen MR) is 112 cm³/mol. The number of carbonyl (C=O) groups excluding carboxylic acids is 1. The number of aliphatic imine (C=N–C) groups is 1. The molecule has 138 valence electrons. The number of carbonyl (C=O) groups is 1. The molecule has 1 aromatic rings. The van der Waals surface area contributed by atoms with Crippen LogP contribution in [0.25, 0.3) is 0 Å². The fourth-order valence-electron chi connectivity index (χ4n) is 2.56. The van der Waals surface area contributed by atoms with Gasteiger partial charge in [0.2, 0.25) is 5.91 Å². The third-order valence-electron chi connectivity index (χ3n) is 3.94. The number of nitrogens with zero attached hydrogens (tertiary/aromatic N) is 1. The van der Waals surface area contributed by atoms with Gasteiger partial charge in [-0.2, -0.15) is 11.8 Å². The first-order chi connectivity index (χ1) is 12.1. The Kier molecular flexibility index (Phi) is 8.61. The first-order valence-electron chi connectivity index (χ1n) is 8.78. The molecule has 1 unspecified atom stereocenters. The molecule has 1 heterocycles. The highest BCUT2D eigenvalue weighted by atomic mass is 79.9. The lowest BCUT2D eigenvalue weighted by Crippen LogP contribution is -2.39. The van der Waals surface area contributed by atoms with Crippen molar-refractivity contribution in [1.82, 2.24) is 10.6 Å². The van der Waals surface area contributed by atoms with Crippen molar-refractivity contribution in [3.63, 3.8) is 0 Å². The molecule has 3 N–H and O–H groups in total. The van der Waals surface area contributed by atoms with Gasteiger partial charge in [-0.25, -0.2) is 0 Å². The van der Waals surface area contributed by atoms with E-state index in [4.69, 9.17) is 0 Å². The van der Waals surface area contributed by atoms with E-state index < -0.39 is 0 Å². The van der Waals surface area contributed by atoms with Gasteiger partial charge in [-0.1, -0.05) is 22.0 Å². The number of anilines is 1. The minimum atomic E-state index is -0.00380. The molecule has 1 aliphatic rings. The lowest BCUT2D eigenvalue weighted by molar-refractivity contribution is -0.116. The summed E-state index contributed by atoms with van der Waals surface area (Å²) in [5, 5.41) is 10.1. The van der Waals surface area contributed by atoms with E-state index in [0.717, 1.165) is 34.8 Å². The van der Waals surface area contributed by atoms with Crippen LogP contribution in [0.2, 0.25) is 0 Å². The second kappa shape index (κ2) is 10.7. The van der Waals surface area contributed by atoms with E-state index in [1.807, 2.05) is 43.8 Å². The van der Waals surface area contributed by atoms with Gasteiger partial charge in [-0.3, -0.25) is 9.79 Å². The molecule has 1 atom stereocenters. The van der Waals surface area contributed by atoms with Gasteiger partial charge in [0.05, 0.1) is 6.54 Å². The van der Waals surface area contributed by atoms with E-state index in [9.17, 15) is 4.79 Å². The molecule has 1 fully saturated rings. The molecular weight excluding hydrogens is 400 g/mol. The maximum atomic E-state index is 12.2. The first kappa shape index (κ1) is 20.1. The normalized spacial score (nSPS) is 17.4. The van der Waals surface area contributed by atoms with Crippen LogP contribution < -0.4 is 16.0 Å². The first-order valence-corrected chi connectivity index (χ1v) is 10.6. The number of thioether (sulfide) groups is 1. The standard InChI is InChI=1S/C18H27BrN4OS/c1-3-20-18(22-12-15-5-4-10-25-15)21-9-8-17(24)23-16-11-14(19)7-6-13(16)2/h6-7,11,15H,3-5,8-10,12H2,1-2H3,(H,23,24)(H2,20,21,22). The molecule has 0 radical (unpaired) electrons. The Hall–Kier alpha value is -1.21. The number of guanidine groups is 1. The average molecular weight is 427 g/mol. The van der Waals surface area contributed by atoms with Gasteiger partial charge in [0.1, 0.15) is 0 Å². The van der Waals surface area contributed by atoms with Crippen LogP contribution in [0, 0.1) is 6.92 Å². The molecule has 1 saturated heterocycles. The van der Waals surface area contributed by atoms with Crippen molar-refractivity contribution in [2.45, 2.75) is 38.4 Å².